The summed E-state index contributed by atoms with van der Waals surface area (Å²) in [5.41, 5.74) is 0. The molecule has 1 N–H and O–H groups in total. The number of ether oxygens (including phenoxy) is 2. The Morgan fingerprint density at radius 2 is 1.41 bits per heavy atom. The van der Waals surface area contributed by atoms with E-state index in [9.17, 15) is 19.5 Å². The van der Waals surface area contributed by atoms with Crippen LogP contribution in [-0.4, -0.2) is 29.3 Å². The Labute approximate surface area is 128 Å². The van der Waals surface area contributed by atoms with Crippen LogP contribution in [0.25, 0.3) is 0 Å². The minimum atomic E-state index is -0.977. The summed E-state index contributed by atoms with van der Waals surface area (Å²) in [5, 5.41) is 9.88. The van der Waals surface area contributed by atoms with E-state index >= 15 is 0 Å². The maximum atomic E-state index is 11.8. The van der Waals surface area contributed by atoms with Crippen molar-refractivity contribution >= 4 is 17.9 Å². The molecule has 0 spiro atoms. The molecule has 0 bridgehead atoms. The van der Waals surface area contributed by atoms with Gasteiger partial charge in [-0.1, -0.05) is 0 Å². The molecule has 22 heavy (non-hydrogen) atoms. The van der Waals surface area contributed by atoms with Gasteiger partial charge in [0.2, 0.25) is 6.29 Å². The average molecular weight is 308 g/mol. The number of esters is 3. The van der Waals surface area contributed by atoms with Crippen molar-refractivity contribution in [3.63, 3.8) is 0 Å². The van der Waals surface area contributed by atoms with Crippen LogP contribution in [0.1, 0.15) is 38.5 Å². The summed E-state index contributed by atoms with van der Waals surface area (Å²) in [6, 6.07) is 0. The standard InChI is InChI=1S/C16H20O6/c17-13-9-3-1-7(5-11(9)15(19)21-13)8-2-4-10-12(6-8)16(20)22-14(10)18/h7-12,15,19H,1-6H2. The van der Waals surface area contributed by atoms with Crippen molar-refractivity contribution < 1.29 is 29.0 Å². The third kappa shape index (κ3) is 2.07. The third-order valence-electron chi connectivity index (χ3n) is 6.21. The zero-order valence-corrected chi connectivity index (χ0v) is 12.3. The Balaban J connectivity index is 1.44. The maximum absolute atomic E-state index is 11.8. The molecule has 0 aromatic heterocycles. The predicted molar refractivity (Wildman–Crippen MR) is 71.8 cm³/mol. The van der Waals surface area contributed by atoms with Crippen LogP contribution in [0.15, 0.2) is 0 Å². The van der Waals surface area contributed by atoms with E-state index in [1.165, 1.54) is 0 Å². The van der Waals surface area contributed by atoms with Crippen LogP contribution >= 0.6 is 0 Å². The fourth-order valence-electron chi connectivity index (χ4n) is 4.99. The smallest absolute Gasteiger partial charge is 0.317 e. The number of hydrogen-bond donors (Lipinski definition) is 1. The number of hydrogen-bond acceptors (Lipinski definition) is 6. The Morgan fingerprint density at radius 1 is 0.773 bits per heavy atom. The van der Waals surface area contributed by atoms with Crippen molar-refractivity contribution in [3.05, 3.63) is 0 Å². The summed E-state index contributed by atoms with van der Waals surface area (Å²) in [5.74, 6) is -1.06. The Morgan fingerprint density at radius 3 is 2.18 bits per heavy atom. The molecule has 0 aromatic rings. The Hall–Kier alpha value is -1.43. The first-order valence-electron chi connectivity index (χ1n) is 8.18. The summed E-state index contributed by atoms with van der Waals surface area (Å²) in [6.45, 7) is 0. The lowest BCUT2D eigenvalue weighted by atomic mass is 9.64. The van der Waals surface area contributed by atoms with Gasteiger partial charge < -0.3 is 14.6 Å². The fourth-order valence-corrected chi connectivity index (χ4v) is 4.99. The number of rotatable bonds is 1. The molecular formula is C16H20O6. The second kappa shape index (κ2) is 5.05. The van der Waals surface area contributed by atoms with Gasteiger partial charge in [-0.2, -0.15) is 0 Å². The molecule has 0 radical (unpaired) electrons. The Kier molecular flexibility index (Phi) is 3.25. The van der Waals surface area contributed by atoms with Gasteiger partial charge in [0.1, 0.15) is 0 Å². The van der Waals surface area contributed by atoms with Crippen molar-refractivity contribution in [2.24, 2.45) is 35.5 Å². The Bertz CT molecular complexity index is 529. The van der Waals surface area contributed by atoms with Gasteiger partial charge in [-0.3, -0.25) is 14.4 Å². The monoisotopic (exact) mass is 308 g/mol. The van der Waals surface area contributed by atoms with Crippen LogP contribution < -0.4 is 0 Å². The van der Waals surface area contributed by atoms with Crippen LogP contribution in [0, 0.1) is 35.5 Å². The van der Waals surface area contributed by atoms with Crippen molar-refractivity contribution in [2.45, 2.75) is 44.8 Å². The SMILES string of the molecule is O=C1OC(=O)C2CC(C3CCC4C(=O)OC(O)C4C3)CCC12. The topological polar surface area (TPSA) is 89.9 Å². The first kappa shape index (κ1) is 14.2. The molecule has 2 saturated carbocycles. The highest BCUT2D eigenvalue weighted by Crippen LogP contribution is 2.49. The molecule has 2 aliphatic heterocycles. The van der Waals surface area contributed by atoms with Crippen molar-refractivity contribution in [3.8, 4) is 0 Å². The molecule has 6 heteroatoms. The second-order valence-electron chi connectivity index (χ2n) is 7.20. The van der Waals surface area contributed by atoms with Crippen LogP contribution in [0.5, 0.6) is 0 Å². The highest BCUT2D eigenvalue weighted by atomic mass is 16.6. The molecule has 6 nitrogen and oxygen atoms in total. The van der Waals surface area contributed by atoms with Crippen LogP contribution in [0.2, 0.25) is 0 Å². The molecule has 4 fully saturated rings. The van der Waals surface area contributed by atoms with Gasteiger partial charge in [-0.05, 0) is 50.4 Å². The van der Waals surface area contributed by atoms with Crippen molar-refractivity contribution in [1.82, 2.24) is 0 Å². The minimum Gasteiger partial charge on any atom is -0.435 e. The van der Waals surface area contributed by atoms with Crippen LogP contribution in [0.4, 0.5) is 0 Å². The van der Waals surface area contributed by atoms with E-state index < -0.39 is 6.29 Å². The van der Waals surface area contributed by atoms with Crippen LogP contribution in [0.3, 0.4) is 0 Å². The molecule has 0 aromatic carbocycles. The van der Waals surface area contributed by atoms with E-state index in [2.05, 4.69) is 0 Å². The molecule has 120 valence electrons. The zero-order chi connectivity index (χ0) is 15.4. The summed E-state index contributed by atoms with van der Waals surface area (Å²) < 4.78 is 9.70. The van der Waals surface area contributed by atoms with E-state index in [0.717, 1.165) is 25.7 Å². The van der Waals surface area contributed by atoms with Crippen LogP contribution in [-0.2, 0) is 23.9 Å². The number of carbonyl (C=O) groups excluding carboxylic acids is 3. The number of fused-ring (bicyclic) bond motifs is 2. The van der Waals surface area contributed by atoms with Gasteiger partial charge in [0.15, 0.2) is 0 Å². The molecule has 2 heterocycles. The van der Waals surface area contributed by atoms with E-state index in [4.69, 9.17) is 9.47 Å². The van der Waals surface area contributed by atoms with Gasteiger partial charge >= 0.3 is 17.9 Å². The normalized spacial score (nSPS) is 47.7. The first-order valence-corrected chi connectivity index (χ1v) is 8.18. The molecular weight excluding hydrogens is 288 g/mol. The highest BCUT2D eigenvalue weighted by molar-refractivity contribution is 5.96. The van der Waals surface area contributed by atoms with Gasteiger partial charge in [0, 0.05) is 5.92 Å². The van der Waals surface area contributed by atoms with E-state index in [1.807, 2.05) is 0 Å². The van der Waals surface area contributed by atoms with E-state index in [-0.39, 0.29) is 41.6 Å². The molecule has 2 saturated heterocycles. The highest BCUT2D eigenvalue weighted by Gasteiger charge is 2.52. The van der Waals surface area contributed by atoms with Gasteiger partial charge in [-0.15, -0.1) is 0 Å². The fraction of sp³-hybridized carbons (Fsp3) is 0.812. The molecule has 7 unspecified atom stereocenters. The van der Waals surface area contributed by atoms with Crippen molar-refractivity contribution in [2.75, 3.05) is 0 Å². The maximum Gasteiger partial charge on any atom is 0.317 e. The lowest BCUT2D eigenvalue weighted by Crippen LogP contribution is -2.36. The quantitative estimate of drug-likeness (QED) is 0.574. The average Bonchev–Trinajstić information content (AvgIpc) is 2.96. The van der Waals surface area contributed by atoms with Gasteiger partial charge in [0.25, 0.3) is 0 Å². The lowest BCUT2D eigenvalue weighted by Gasteiger charge is -2.38. The number of aliphatic hydroxyl groups excluding tert-OH is 1. The summed E-state index contributed by atoms with van der Waals surface area (Å²) >= 11 is 0. The predicted octanol–water partition coefficient (Wildman–Crippen LogP) is 1.01. The summed E-state index contributed by atoms with van der Waals surface area (Å²) in [4.78, 5) is 35.0. The van der Waals surface area contributed by atoms with E-state index in [0.29, 0.717) is 24.7 Å². The zero-order valence-electron chi connectivity index (χ0n) is 12.3. The second-order valence-corrected chi connectivity index (χ2v) is 7.20. The molecule has 2 aliphatic carbocycles. The minimum absolute atomic E-state index is 0.110. The van der Waals surface area contributed by atoms with Gasteiger partial charge in [0.05, 0.1) is 17.8 Å². The molecule has 7 atom stereocenters. The van der Waals surface area contributed by atoms with E-state index in [1.54, 1.807) is 0 Å². The number of aliphatic hydroxyl groups is 1. The number of carbonyl (C=O) groups is 3. The van der Waals surface area contributed by atoms with Gasteiger partial charge in [-0.25, -0.2) is 0 Å². The first-order chi connectivity index (χ1) is 10.5. The summed E-state index contributed by atoms with van der Waals surface area (Å²) in [6.07, 6.45) is 3.78. The largest absolute Gasteiger partial charge is 0.435 e. The van der Waals surface area contributed by atoms with Crippen molar-refractivity contribution in [1.29, 1.82) is 0 Å². The summed E-state index contributed by atoms with van der Waals surface area (Å²) in [7, 11) is 0. The number of cyclic esters (lactones) is 3. The molecule has 4 rings (SSSR count). The third-order valence-corrected chi connectivity index (χ3v) is 6.21. The molecule has 4 aliphatic rings. The molecule has 0 amide bonds. The lowest BCUT2D eigenvalue weighted by molar-refractivity contribution is -0.157.